The summed E-state index contributed by atoms with van der Waals surface area (Å²) in [6.45, 7) is 14.0. The van der Waals surface area contributed by atoms with Crippen molar-refractivity contribution in [3.05, 3.63) is 106 Å². The van der Waals surface area contributed by atoms with Crippen LogP contribution in [0, 0.1) is 0 Å². The van der Waals surface area contributed by atoms with Gasteiger partial charge in [0.25, 0.3) is 0 Å². The van der Waals surface area contributed by atoms with Crippen molar-refractivity contribution in [2.24, 2.45) is 0 Å². The summed E-state index contributed by atoms with van der Waals surface area (Å²) < 4.78 is 6.64. The van der Waals surface area contributed by atoms with Crippen LogP contribution < -0.4 is 0 Å². The van der Waals surface area contributed by atoms with Crippen molar-refractivity contribution in [3.8, 4) is 11.1 Å². The number of hydrogen-bond acceptors (Lipinski definition) is 0. The van der Waals surface area contributed by atoms with Crippen LogP contribution in [-0.2, 0) is 22.8 Å². The molecule has 0 saturated heterocycles. The van der Waals surface area contributed by atoms with Gasteiger partial charge in [-0.1, -0.05) is 0 Å². The van der Waals surface area contributed by atoms with Gasteiger partial charge >= 0.3 is 229 Å². The second kappa shape index (κ2) is 11.6. The van der Waals surface area contributed by atoms with Gasteiger partial charge in [0, 0.05) is 0 Å². The van der Waals surface area contributed by atoms with E-state index in [1.807, 2.05) is 0 Å². The number of benzene rings is 3. The van der Waals surface area contributed by atoms with Crippen molar-refractivity contribution >= 4 is 43.3 Å². The average molecular weight is 657 g/mol. The Morgan fingerprint density at radius 2 is 1.44 bits per heavy atom. The van der Waals surface area contributed by atoms with Crippen LogP contribution in [0.5, 0.6) is 0 Å². The molecule has 3 aromatic rings. The van der Waals surface area contributed by atoms with Crippen molar-refractivity contribution in [2.45, 2.75) is 75.8 Å². The Hall–Kier alpha value is -1.18. The molecule has 0 N–H and O–H groups in total. The van der Waals surface area contributed by atoms with Crippen molar-refractivity contribution < 1.29 is 17.4 Å². The summed E-state index contributed by atoms with van der Waals surface area (Å²) in [4.78, 5) is 0. The van der Waals surface area contributed by atoms with E-state index in [0.717, 1.165) is 0 Å². The van der Waals surface area contributed by atoms with Crippen LogP contribution in [0.3, 0.4) is 0 Å². The van der Waals surface area contributed by atoms with E-state index in [4.69, 9.17) is 0 Å². The third kappa shape index (κ3) is 5.79. The molecular formula is C35H46Cl2SiZr. The first-order chi connectivity index (χ1) is 17.4. The predicted octanol–water partition coefficient (Wildman–Crippen LogP) is 10.6. The van der Waals surface area contributed by atoms with Crippen molar-refractivity contribution in [3.63, 3.8) is 0 Å². The van der Waals surface area contributed by atoms with Crippen LogP contribution in [0.4, 0.5) is 0 Å². The van der Waals surface area contributed by atoms with Crippen LogP contribution in [0.2, 0.25) is 9.26 Å². The first-order valence-corrected chi connectivity index (χ1v) is 27.9. The van der Waals surface area contributed by atoms with Gasteiger partial charge in [-0.15, -0.1) is 24.8 Å². The third-order valence-corrected chi connectivity index (χ3v) is 26.9. The number of fused-ring (bicyclic) bond motifs is 2. The van der Waals surface area contributed by atoms with E-state index >= 15 is 0 Å². The SMILES string of the molecule is CCCCC1=C[CH]([Zr]([CH3])([CH3])(=[SiH2])[CH]2C(C)=Cc3c(-c4ccc(C(C)(C)C)cc4)cccc32)c2ccccc21.Cl.Cl. The Morgan fingerprint density at radius 1 is 0.821 bits per heavy atom. The molecule has 0 spiro atoms. The van der Waals surface area contributed by atoms with Crippen LogP contribution in [0.15, 0.2) is 78.4 Å². The topological polar surface area (TPSA) is 0 Å². The Labute approximate surface area is 252 Å². The smallest absolute Gasteiger partial charge is 0.147 e. The van der Waals surface area contributed by atoms with E-state index in [1.54, 1.807) is 22.3 Å². The molecule has 208 valence electrons. The van der Waals surface area contributed by atoms with E-state index in [1.165, 1.54) is 47.1 Å². The molecule has 3 aromatic carbocycles. The molecule has 0 amide bonds. The Balaban J connectivity index is 0.00000210. The fraction of sp³-hybridized carbons (Fsp3) is 0.371. The van der Waals surface area contributed by atoms with Gasteiger partial charge in [0.05, 0.1) is 0 Å². The zero-order valence-corrected chi connectivity index (χ0v) is 30.3. The molecule has 2 aliphatic rings. The minimum Gasteiger partial charge on any atom is -0.147 e. The molecule has 0 fully saturated rings. The molecule has 2 aliphatic carbocycles. The molecule has 39 heavy (non-hydrogen) atoms. The van der Waals surface area contributed by atoms with Crippen molar-refractivity contribution in [1.82, 2.24) is 0 Å². The summed E-state index contributed by atoms with van der Waals surface area (Å²) in [5.74, 6) is 0. The quantitative estimate of drug-likeness (QED) is 0.232. The second-order valence-corrected chi connectivity index (χ2v) is 44.3. The van der Waals surface area contributed by atoms with Gasteiger partial charge < -0.3 is 0 Å². The number of halogens is 2. The Kier molecular flexibility index (Phi) is 9.62. The first kappa shape index (κ1) is 32.3. The van der Waals surface area contributed by atoms with Gasteiger partial charge in [-0.2, -0.15) is 0 Å². The first-order valence-electron chi connectivity index (χ1n) is 14.2. The number of allylic oxidation sites excluding steroid dienone is 3. The van der Waals surface area contributed by atoms with Gasteiger partial charge in [-0.25, -0.2) is 0 Å². The zero-order valence-electron chi connectivity index (χ0n) is 24.8. The minimum absolute atomic E-state index is 0. The van der Waals surface area contributed by atoms with Gasteiger partial charge in [-0.3, -0.25) is 0 Å². The molecule has 0 nitrogen and oxygen atoms in total. The summed E-state index contributed by atoms with van der Waals surface area (Å²) in [6.07, 6.45) is 9.00. The fourth-order valence-electron chi connectivity index (χ4n) is 7.20. The van der Waals surface area contributed by atoms with Crippen molar-refractivity contribution in [1.29, 1.82) is 0 Å². The average Bonchev–Trinajstić information content (AvgIpc) is 3.40. The largest absolute Gasteiger partial charge is 0.147 e. The number of unbranched alkanes of at least 4 members (excludes halogenated alkanes) is 1. The van der Waals surface area contributed by atoms with Crippen LogP contribution >= 0.6 is 24.8 Å². The van der Waals surface area contributed by atoms with E-state index in [-0.39, 0.29) is 30.2 Å². The molecule has 0 aliphatic heterocycles. The molecule has 0 heterocycles. The molecule has 5 rings (SSSR count). The molecule has 0 saturated carbocycles. The maximum absolute atomic E-state index is 3.40. The van der Waals surface area contributed by atoms with Gasteiger partial charge in [0.2, 0.25) is 0 Å². The maximum atomic E-state index is 2.74. The zero-order chi connectivity index (χ0) is 26.6. The van der Waals surface area contributed by atoms with E-state index in [9.17, 15) is 0 Å². The Bertz CT molecular complexity index is 1480. The van der Waals surface area contributed by atoms with Crippen LogP contribution in [0.1, 0.15) is 89.0 Å². The molecule has 2 unspecified atom stereocenters. The second-order valence-electron chi connectivity index (χ2n) is 13.8. The fourth-order valence-corrected chi connectivity index (χ4v) is 25.3. The molecule has 4 heteroatoms. The minimum atomic E-state index is -3.40. The summed E-state index contributed by atoms with van der Waals surface area (Å²) in [7, 11) is 0. The molecule has 2 atom stereocenters. The number of hydrogen-bond donors (Lipinski definition) is 0. The molecule has 0 aromatic heterocycles. The normalized spacial score (nSPS) is 18.4. The summed E-state index contributed by atoms with van der Waals surface area (Å²) in [5.41, 5.74) is 13.6. The van der Waals surface area contributed by atoms with E-state index in [0.29, 0.717) is 7.25 Å². The summed E-state index contributed by atoms with van der Waals surface area (Å²) in [5, 5.41) is 0. The maximum Gasteiger partial charge on any atom is -0.147 e. The van der Waals surface area contributed by atoms with E-state index in [2.05, 4.69) is 130 Å². The standard InChI is InChI=1S/C20H21.C13H15.2CH3.2ClH.H2Si.Zr/c1-14-12-16-6-5-7-18(19(16)13-14)15-8-10-17(11-9-15)20(2,3)4;1-2-3-6-11-9-10-12-7-4-5-8-13(11)12;;;;;;/h5-13H,1-4H3;4-5,7-10H,2-3,6H2,1H3;2*1H3;2*1H;1H2;. The Morgan fingerprint density at radius 3 is 2.08 bits per heavy atom. The summed E-state index contributed by atoms with van der Waals surface area (Å²) in [6, 6.07) is 25.7. The third-order valence-electron chi connectivity index (χ3n) is 9.12. The predicted molar refractivity (Wildman–Crippen MR) is 178 cm³/mol. The molecular weight excluding hydrogens is 611 g/mol. The van der Waals surface area contributed by atoms with Gasteiger partial charge in [-0.05, 0) is 0 Å². The molecule has 0 bridgehead atoms. The van der Waals surface area contributed by atoms with Crippen LogP contribution in [0.25, 0.3) is 22.8 Å². The van der Waals surface area contributed by atoms with E-state index < -0.39 is 17.4 Å². The molecule has 0 radical (unpaired) electrons. The summed E-state index contributed by atoms with van der Waals surface area (Å²) >= 11 is -3.40. The van der Waals surface area contributed by atoms with Crippen LogP contribution in [-0.4, -0.2) is 6.88 Å². The van der Waals surface area contributed by atoms with Crippen molar-refractivity contribution in [2.75, 3.05) is 0 Å². The van der Waals surface area contributed by atoms with Gasteiger partial charge in [0.1, 0.15) is 0 Å². The monoisotopic (exact) mass is 654 g/mol. The van der Waals surface area contributed by atoms with Gasteiger partial charge in [0.15, 0.2) is 0 Å². The number of rotatable bonds is 6.